The van der Waals surface area contributed by atoms with Gasteiger partial charge in [0.05, 0.1) is 17.8 Å². The normalized spacial score (nSPS) is 13.0. The molecule has 0 aliphatic carbocycles. The van der Waals surface area contributed by atoms with Gasteiger partial charge >= 0.3 is 0 Å². The lowest BCUT2D eigenvalue weighted by atomic mass is 10.1. The highest BCUT2D eigenvalue weighted by Gasteiger charge is 2.31. The van der Waals surface area contributed by atoms with Crippen LogP contribution < -0.4 is 9.46 Å². The predicted molar refractivity (Wildman–Crippen MR) is 119 cm³/mol. The third kappa shape index (κ3) is 5.69. The van der Waals surface area contributed by atoms with Crippen LogP contribution in [0.1, 0.15) is 21.9 Å². The standard InChI is InChI=1S/C22H24N2O5S2/c1-17-6-3-4-7-19(17)16-30(25,26)24-15-22(18-8-5-13-23-14-18)31(27,28)21-11-9-20(29-2)10-12-21/h3-14,22,24H,15-16H2,1-2H3. The van der Waals surface area contributed by atoms with Gasteiger partial charge in [-0.05, 0) is 53.9 Å². The number of ether oxygens (including phenoxy) is 1. The SMILES string of the molecule is COc1ccc(S(=O)(=O)C(CNS(=O)(=O)Cc2ccccc2C)c2cccnc2)cc1. The Morgan fingerprint density at radius 1 is 0.968 bits per heavy atom. The van der Waals surface area contributed by atoms with Crippen molar-refractivity contribution in [3.63, 3.8) is 0 Å². The van der Waals surface area contributed by atoms with Crippen LogP contribution in [0.4, 0.5) is 0 Å². The van der Waals surface area contributed by atoms with Gasteiger partial charge < -0.3 is 4.74 Å². The highest BCUT2D eigenvalue weighted by atomic mass is 32.2. The lowest BCUT2D eigenvalue weighted by Crippen LogP contribution is -2.33. The molecule has 2 aromatic carbocycles. The van der Waals surface area contributed by atoms with Crippen LogP contribution in [-0.2, 0) is 25.6 Å². The van der Waals surface area contributed by atoms with Gasteiger partial charge in [-0.3, -0.25) is 4.98 Å². The Kier molecular flexibility index (Phi) is 7.09. The third-order valence-corrected chi connectivity index (χ3v) is 8.33. The van der Waals surface area contributed by atoms with Gasteiger partial charge in [0, 0.05) is 18.9 Å². The molecule has 3 rings (SSSR count). The summed E-state index contributed by atoms with van der Waals surface area (Å²) in [6.07, 6.45) is 2.96. The van der Waals surface area contributed by atoms with Crippen molar-refractivity contribution in [2.45, 2.75) is 22.8 Å². The van der Waals surface area contributed by atoms with Crippen molar-refractivity contribution in [2.24, 2.45) is 0 Å². The van der Waals surface area contributed by atoms with Gasteiger partial charge in [-0.2, -0.15) is 0 Å². The molecule has 31 heavy (non-hydrogen) atoms. The maximum atomic E-state index is 13.4. The Balaban J connectivity index is 1.88. The summed E-state index contributed by atoms with van der Waals surface area (Å²) in [7, 11) is -6.18. The molecule has 0 radical (unpaired) electrons. The summed E-state index contributed by atoms with van der Waals surface area (Å²) in [5, 5.41) is -1.14. The van der Waals surface area contributed by atoms with Crippen molar-refractivity contribution in [3.05, 3.63) is 89.7 Å². The van der Waals surface area contributed by atoms with Gasteiger partial charge in [-0.25, -0.2) is 21.6 Å². The number of aromatic nitrogens is 1. The molecule has 0 saturated heterocycles. The molecule has 7 nitrogen and oxygen atoms in total. The highest BCUT2D eigenvalue weighted by molar-refractivity contribution is 7.92. The zero-order valence-corrected chi connectivity index (χ0v) is 18.9. The second-order valence-corrected chi connectivity index (χ2v) is 11.0. The molecule has 0 saturated carbocycles. The number of benzene rings is 2. The van der Waals surface area contributed by atoms with E-state index in [0.29, 0.717) is 16.9 Å². The minimum absolute atomic E-state index is 0.0697. The molecule has 9 heteroatoms. The Morgan fingerprint density at radius 2 is 1.68 bits per heavy atom. The summed E-state index contributed by atoms with van der Waals surface area (Å²) >= 11 is 0. The number of aryl methyl sites for hydroxylation is 1. The molecule has 1 aromatic heterocycles. The molecule has 0 spiro atoms. The van der Waals surface area contributed by atoms with Gasteiger partial charge in [0.25, 0.3) is 0 Å². The first kappa shape index (κ1) is 22.9. The van der Waals surface area contributed by atoms with Crippen molar-refractivity contribution < 1.29 is 21.6 Å². The number of nitrogens with one attached hydrogen (secondary N) is 1. The number of sulfonamides is 1. The number of rotatable bonds is 9. The van der Waals surface area contributed by atoms with E-state index in [1.165, 1.54) is 31.6 Å². The van der Waals surface area contributed by atoms with E-state index in [1.54, 1.807) is 36.4 Å². The summed E-state index contributed by atoms with van der Waals surface area (Å²) in [5.74, 6) is 0.290. The molecule has 1 heterocycles. The van der Waals surface area contributed by atoms with Crippen molar-refractivity contribution in [1.82, 2.24) is 9.71 Å². The first-order valence-electron chi connectivity index (χ1n) is 9.52. The summed E-state index contributed by atoms with van der Waals surface area (Å²) in [6, 6.07) is 16.4. The minimum atomic E-state index is -3.91. The molecule has 0 aliphatic heterocycles. The smallest absolute Gasteiger partial charge is 0.215 e. The zero-order valence-electron chi connectivity index (χ0n) is 17.2. The fraction of sp³-hybridized carbons (Fsp3) is 0.227. The molecule has 164 valence electrons. The molecule has 0 aliphatic rings. The first-order valence-corrected chi connectivity index (χ1v) is 12.7. The van der Waals surface area contributed by atoms with E-state index in [4.69, 9.17) is 4.74 Å². The molecule has 1 unspecified atom stereocenters. The number of sulfone groups is 1. The van der Waals surface area contributed by atoms with Crippen molar-refractivity contribution in [2.75, 3.05) is 13.7 Å². The number of hydrogen-bond acceptors (Lipinski definition) is 6. The van der Waals surface area contributed by atoms with E-state index < -0.39 is 25.1 Å². The van der Waals surface area contributed by atoms with Gasteiger partial charge in [-0.15, -0.1) is 0 Å². The molecular formula is C22H24N2O5S2. The Bertz CT molecular complexity index is 1230. The summed E-state index contributed by atoms with van der Waals surface area (Å²) in [5.41, 5.74) is 1.91. The fourth-order valence-electron chi connectivity index (χ4n) is 3.13. The van der Waals surface area contributed by atoms with Crippen molar-refractivity contribution in [3.8, 4) is 5.75 Å². The van der Waals surface area contributed by atoms with E-state index in [9.17, 15) is 16.8 Å². The molecule has 0 fully saturated rings. The number of methoxy groups -OCH3 is 1. The average Bonchev–Trinajstić information content (AvgIpc) is 2.76. The second kappa shape index (κ2) is 9.59. The van der Waals surface area contributed by atoms with Gasteiger partial charge in [0.2, 0.25) is 10.0 Å². The Labute approximate surface area is 183 Å². The lowest BCUT2D eigenvalue weighted by Gasteiger charge is -2.19. The molecular weight excluding hydrogens is 436 g/mol. The van der Waals surface area contributed by atoms with Crippen molar-refractivity contribution >= 4 is 19.9 Å². The highest BCUT2D eigenvalue weighted by Crippen LogP contribution is 2.29. The average molecular weight is 461 g/mol. The molecule has 0 amide bonds. The monoisotopic (exact) mass is 460 g/mol. The van der Waals surface area contributed by atoms with Crippen LogP contribution in [0.5, 0.6) is 5.75 Å². The summed E-state index contributed by atoms with van der Waals surface area (Å²) < 4.78 is 59.7. The number of hydrogen-bond donors (Lipinski definition) is 1. The van der Waals surface area contributed by atoms with Gasteiger partial charge in [-0.1, -0.05) is 30.3 Å². The topological polar surface area (TPSA) is 102 Å². The minimum Gasteiger partial charge on any atom is -0.497 e. The molecule has 1 atom stereocenters. The van der Waals surface area contributed by atoms with Crippen LogP contribution >= 0.6 is 0 Å². The van der Waals surface area contributed by atoms with Crippen LogP contribution in [0.15, 0.2) is 78.0 Å². The molecule has 0 bridgehead atoms. The van der Waals surface area contributed by atoms with Crippen LogP contribution in [-0.4, -0.2) is 35.5 Å². The first-order chi connectivity index (χ1) is 14.7. The second-order valence-electron chi connectivity index (χ2n) is 7.03. The molecule has 3 aromatic rings. The number of nitrogens with zero attached hydrogens (tertiary/aromatic N) is 1. The quantitative estimate of drug-likeness (QED) is 0.527. The van der Waals surface area contributed by atoms with E-state index in [1.807, 2.05) is 19.1 Å². The number of pyridine rings is 1. The van der Waals surface area contributed by atoms with Crippen molar-refractivity contribution in [1.29, 1.82) is 0 Å². The van der Waals surface area contributed by atoms with Crippen LogP contribution in [0.2, 0.25) is 0 Å². The molecule has 1 N–H and O–H groups in total. The van der Waals surface area contributed by atoms with E-state index >= 15 is 0 Å². The fourth-order valence-corrected chi connectivity index (χ4v) is 6.14. The summed E-state index contributed by atoms with van der Waals surface area (Å²) in [4.78, 5) is 4.07. The van der Waals surface area contributed by atoms with Gasteiger partial charge in [0.15, 0.2) is 9.84 Å². The zero-order chi connectivity index (χ0) is 22.5. The predicted octanol–water partition coefficient (Wildman–Crippen LogP) is 3.03. The maximum Gasteiger partial charge on any atom is 0.215 e. The van der Waals surface area contributed by atoms with E-state index in [0.717, 1.165) is 5.56 Å². The van der Waals surface area contributed by atoms with E-state index in [-0.39, 0.29) is 17.2 Å². The largest absolute Gasteiger partial charge is 0.497 e. The van der Waals surface area contributed by atoms with Crippen LogP contribution in [0.25, 0.3) is 0 Å². The van der Waals surface area contributed by atoms with E-state index in [2.05, 4.69) is 9.71 Å². The van der Waals surface area contributed by atoms with Crippen LogP contribution in [0, 0.1) is 6.92 Å². The van der Waals surface area contributed by atoms with Gasteiger partial charge in [0.1, 0.15) is 11.0 Å². The summed E-state index contributed by atoms with van der Waals surface area (Å²) in [6.45, 7) is 1.52. The Hall–Kier alpha value is -2.75. The third-order valence-electron chi connectivity index (χ3n) is 4.91. The Morgan fingerprint density at radius 3 is 2.29 bits per heavy atom. The van der Waals surface area contributed by atoms with Crippen LogP contribution in [0.3, 0.4) is 0 Å². The lowest BCUT2D eigenvalue weighted by molar-refractivity contribution is 0.414. The maximum absolute atomic E-state index is 13.4.